The van der Waals surface area contributed by atoms with Crippen LogP contribution in [0.25, 0.3) is 0 Å². The Balaban J connectivity index is 2.73. The predicted molar refractivity (Wildman–Crippen MR) is 54.9 cm³/mol. The molecule has 2 nitrogen and oxygen atoms in total. The van der Waals surface area contributed by atoms with Crippen LogP contribution >= 0.6 is 0 Å². The topological polar surface area (TPSA) is 21.6 Å². The molecule has 0 saturated carbocycles. The van der Waals surface area contributed by atoms with Gasteiger partial charge in [0.05, 0.1) is 0 Å². The zero-order valence-electron chi connectivity index (χ0n) is 7.31. The molecule has 66 valence electrons. The fourth-order valence-corrected chi connectivity index (χ4v) is 0.820. The number of nitrogens with zero attached hydrogens (tertiary/aromatic N) is 1. The third-order valence-electron chi connectivity index (χ3n) is 1.36. The summed E-state index contributed by atoms with van der Waals surface area (Å²) in [5, 5.41) is 0. The molecule has 0 aliphatic heterocycles. The summed E-state index contributed by atoms with van der Waals surface area (Å²) in [5.41, 5.74) is 0. The van der Waals surface area contributed by atoms with Gasteiger partial charge in [-0.05, 0) is 18.2 Å². The molecule has 0 atom stereocenters. The Labute approximate surface area is 77.9 Å². The minimum absolute atomic E-state index is 0.446. The van der Waals surface area contributed by atoms with Gasteiger partial charge in [-0.25, -0.2) is 4.99 Å². The lowest BCUT2D eigenvalue weighted by Gasteiger charge is -2.02. The van der Waals surface area contributed by atoms with E-state index < -0.39 is 0 Å². The van der Waals surface area contributed by atoms with Crippen LogP contribution < -0.4 is 4.74 Å². The van der Waals surface area contributed by atoms with Crippen molar-refractivity contribution < 1.29 is 4.74 Å². The molecule has 0 unspecified atom stereocenters. The molecule has 1 aromatic rings. The molecular weight excluding hydrogens is 162 g/mol. The van der Waals surface area contributed by atoms with E-state index in [1.807, 2.05) is 30.3 Å². The van der Waals surface area contributed by atoms with E-state index in [0.717, 1.165) is 5.75 Å². The minimum atomic E-state index is 0.446. The van der Waals surface area contributed by atoms with Crippen LogP contribution in [0.5, 0.6) is 5.75 Å². The van der Waals surface area contributed by atoms with Crippen LogP contribution in [0.3, 0.4) is 0 Å². The highest BCUT2D eigenvalue weighted by Gasteiger charge is 1.94. The highest BCUT2D eigenvalue weighted by Crippen LogP contribution is 2.08. The second-order valence-corrected chi connectivity index (χ2v) is 2.27. The average molecular weight is 173 g/mol. The van der Waals surface area contributed by atoms with Crippen LogP contribution in [0.15, 0.2) is 60.8 Å². The number of aliphatic imine (C=N–C) groups is 1. The van der Waals surface area contributed by atoms with Crippen molar-refractivity contribution in [2.24, 2.45) is 4.99 Å². The van der Waals surface area contributed by atoms with Crippen molar-refractivity contribution >= 4 is 5.90 Å². The lowest BCUT2D eigenvalue weighted by atomic mass is 10.3. The van der Waals surface area contributed by atoms with E-state index in [1.54, 1.807) is 0 Å². The lowest BCUT2D eigenvalue weighted by molar-refractivity contribution is 0.555. The van der Waals surface area contributed by atoms with Gasteiger partial charge in [0.2, 0.25) is 5.90 Å². The second-order valence-electron chi connectivity index (χ2n) is 2.27. The molecule has 0 aromatic heterocycles. The monoisotopic (exact) mass is 173 g/mol. The Bertz CT molecular complexity index is 314. The summed E-state index contributed by atoms with van der Waals surface area (Å²) in [7, 11) is 0. The van der Waals surface area contributed by atoms with Crippen molar-refractivity contribution in [1.29, 1.82) is 0 Å². The van der Waals surface area contributed by atoms with E-state index in [-0.39, 0.29) is 0 Å². The fourth-order valence-electron chi connectivity index (χ4n) is 0.820. The van der Waals surface area contributed by atoms with Gasteiger partial charge in [0.25, 0.3) is 0 Å². The first-order valence-corrected chi connectivity index (χ1v) is 3.91. The molecular formula is C11H11NO. The van der Waals surface area contributed by atoms with Crippen molar-refractivity contribution in [2.45, 2.75) is 0 Å². The van der Waals surface area contributed by atoms with Crippen molar-refractivity contribution in [3.8, 4) is 5.75 Å². The smallest absolute Gasteiger partial charge is 0.218 e. The molecule has 0 radical (unpaired) electrons. The van der Waals surface area contributed by atoms with E-state index in [4.69, 9.17) is 4.74 Å². The first-order chi connectivity index (χ1) is 6.36. The number of benzene rings is 1. The molecule has 1 rings (SSSR count). The molecule has 0 fully saturated rings. The summed E-state index contributed by atoms with van der Waals surface area (Å²) in [6.07, 6.45) is 2.95. The SMILES string of the molecule is C=CN=C(C=C)Oc1ccccc1. The van der Waals surface area contributed by atoms with Gasteiger partial charge < -0.3 is 4.74 Å². The lowest BCUT2D eigenvalue weighted by Crippen LogP contribution is -2.03. The average Bonchev–Trinajstić information content (AvgIpc) is 2.19. The summed E-state index contributed by atoms with van der Waals surface area (Å²) < 4.78 is 5.36. The number of para-hydroxylation sites is 1. The Morgan fingerprint density at radius 2 is 1.92 bits per heavy atom. The number of ether oxygens (including phenoxy) is 1. The zero-order valence-corrected chi connectivity index (χ0v) is 7.31. The van der Waals surface area contributed by atoms with Crippen LogP contribution in [-0.2, 0) is 0 Å². The highest BCUT2D eigenvalue weighted by molar-refractivity contribution is 5.89. The Kier molecular flexibility index (Phi) is 3.51. The number of hydrogen-bond acceptors (Lipinski definition) is 2. The number of rotatable bonds is 3. The van der Waals surface area contributed by atoms with Crippen LogP contribution in [0, 0.1) is 0 Å². The predicted octanol–water partition coefficient (Wildman–Crippen LogP) is 2.79. The van der Waals surface area contributed by atoms with E-state index in [0.29, 0.717) is 5.90 Å². The van der Waals surface area contributed by atoms with Crippen LogP contribution in [0.1, 0.15) is 0 Å². The Hall–Kier alpha value is -1.83. The van der Waals surface area contributed by atoms with Crippen molar-refractivity contribution in [3.63, 3.8) is 0 Å². The molecule has 0 bridgehead atoms. The third kappa shape index (κ3) is 2.95. The van der Waals surface area contributed by atoms with Crippen LogP contribution in [0.4, 0.5) is 0 Å². The summed E-state index contributed by atoms with van der Waals surface area (Å²) in [4.78, 5) is 3.88. The van der Waals surface area contributed by atoms with E-state index in [9.17, 15) is 0 Å². The molecule has 0 amide bonds. The molecule has 13 heavy (non-hydrogen) atoms. The number of hydrogen-bond donors (Lipinski definition) is 0. The first kappa shape index (κ1) is 9.26. The molecule has 1 aromatic carbocycles. The molecule has 0 spiro atoms. The van der Waals surface area contributed by atoms with Crippen molar-refractivity contribution in [2.75, 3.05) is 0 Å². The molecule has 0 aliphatic rings. The maximum absolute atomic E-state index is 5.36. The van der Waals surface area contributed by atoms with Gasteiger partial charge in [0.15, 0.2) is 0 Å². The van der Waals surface area contributed by atoms with Gasteiger partial charge in [0.1, 0.15) is 5.75 Å². The largest absolute Gasteiger partial charge is 0.439 e. The molecule has 2 heteroatoms. The molecule has 0 aliphatic carbocycles. The highest BCUT2D eigenvalue weighted by atomic mass is 16.5. The van der Waals surface area contributed by atoms with E-state index in [1.165, 1.54) is 12.3 Å². The second kappa shape index (κ2) is 4.93. The minimum Gasteiger partial charge on any atom is -0.439 e. The normalized spacial score (nSPS) is 10.6. The molecule has 0 heterocycles. The zero-order chi connectivity index (χ0) is 9.52. The fraction of sp³-hybridized carbons (Fsp3) is 0. The van der Waals surface area contributed by atoms with E-state index in [2.05, 4.69) is 18.2 Å². The summed E-state index contributed by atoms with van der Waals surface area (Å²) in [6, 6.07) is 9.41. The van der Waals surface area contributed by atoms with Crippen molar-refractivity contribution in [1.82, 2.24) is 0 Å². The molecule has 0 saturated heterocycles. The van der Waals surface area contributed by atoms with Gasteiger partial charge in [0, 0.05) is 6.20 Å². The van der Waals surface area contributed by atoms with Gasteiger partial charge in [-0.15, -0.1) is 0 Å². The standard InChI is InChI=1S/C11H11NO/c1-3-11(12-4-2)13-10-8-6-5-7-9-10/h3-9H,1-2H2. The van der Waals surface area contributed by atoms with Crippen LogP contribution in [-0.4, -0.2) is 5.90 Å². The van der Waals surface area contributed by atoms with Gasteiger partial charge in [-0.3, -0.25) is 0 Å². The third-order valence-corrected chi connectivity index (χ3v) is 1.36. The summed E-state index contributed by atoms with van der Waals surface area (Å²) >= 11 is 0. The van der Waals surface area contributed by atoms with Gasteiger partial charge in [-0.1, -0.05) is 31.4 Å². The first-order valence-electron chi connectivity index (χ1n) is 3.91. The molecule has 0 N–H and O–H groups in total. The van der Waals surface area contributed by atoms with Gasteiger partial charge >= 0.3 is 0 Å². The van der Waals surface area contributed by atoms with Gasteiger partial charge in [-0.2, -0.15) is 0 Å². The quantitative estimate of drug-likeness (QED) is 0.508. The Morgan fingerprint density at radius 3 is 2.46 bits per heavy atom. The van der Waals surface area contributed by atoms with Crippen LogP contribution in [0.2, 0.25) is 0 Å². The van der Waals surface area contributed by atoms with Crippen molar-refractivity contribution in [3.05, 3.63) is 55.8 Å². The summed E-state index contributed by atoms with van der Waals surface area (Å²) in [5.74, 6) is 1.18. The van der Waals surface area contributed by atoms with E-state index >= 15 is 0 Å². The maximum Gasteiger partial charge on any atom is 0.218 e. The Morgan fingerprint density at radius 1 is 1.23 bits per heavy atom. The maximum atomic E-state index is 5.36. The summed E-state index contributed by atoms with van der Waals surface area (Å²) in [6.45, 7) is 7.05.